The third-order valence-electron chi connectivity index (χ3n) is 1.89. The summed E-state index contributed by atoms with van der Waals surface area (Å²) in [5.74, 6) is 0. The second kappa shape index (κ2) is 2.86. The zero-order chi connectivity index (χ0) is 7.61. The minimum Gasteiger partial charge on any atom is -0.389 e. The standard InChI is InChI=1S/C7H16N2O/c1-7(2,10)6-5-8-3-4-9-6/h6,8-10H,3-5H2,1-2H3/t6-/m0/s1. The van der Waals surface area contributed by atoms with Crippen LogP contribution < -0.4 is 10.6 Å². The predicted molar refractivity (Wildman–Crippen MR) is 41.0 cm³/mol. The van der Waals surface area contributed by atoms with Gasteiger partial charge in [-0.15, -0.1) is 0 Å². The summed E-state index contributed by atoms with van der Waals surface area (Å²) in [7, 11) is 0. The van der Waals surface area contributed by atoms with Crippen molar-refractivity contribution in [3.05, 3.63) is 0 Å². The summed E-state index contributed by atoms with van der Waals surface area (Å²) in [6.07, 6.45) is 0. The smallest absolute Gasteiger partial charge is 0.0756 e. The van der Waals surface area contributed by atoms with Gasteiger partial charge in [0.1, 0.15) is 0 Å². The molecule has 0 bridgehead atoms. The molecule has 60 valence electrons. The van der Waals surface area contributed by atoms with E-state index in [2.05, 4.69) is 10.6 Å². The van der Waals surface area contributed by atoms with Gasteiger partial charge >= 0.3 is 0 Å². The Morgan fingerprint density at radius 2 is 2.10 bits per heavy atom. The fraction of sp³-hybridized carbons (Fsp3) is 1.00. The molecule has 0 aromatic carbocycles. The maximum Gasteiger partial charge on any atom is 0.0756 e. The highest BCUT2D eigenvalue weighted by molar-refractivity contribution is 4.88. The number of rotatable bonds is 1. The van der Waals surface area contributed by atoms with Crippen LogP contribution in [0.15, 0.2) is 0 Å². The first-order chi connectivity index (χ1) is 4.61. The highest BCUT2D eigenvalue weighted by Crippen LogP contribution is 2.08. The summed E-state index contributed by atoms with van der Waals surface area (Å²) < 4.78 is 0. The monoisotopic (exact) mass is 144 g/mol. The molecule has 0 radical (unpaired) electrons. The third kappa shape index (κ3) is 1.94. The van der Waals surface area contributed by atoms with Crippen LogP contribution in [-0.2, 0) is 0 Å². The topological polar surface area (TPSA) is 44.3 Å². The summed E-state index contributed by atoms with van der Waals surface area (Å²) in [6, 6.07) is 0.196. The Balaban J connectivity index is 2.39. The van der Waals surface area contributed by atoms with Crippen LogP contribution in [0.4, 0.5) is 0 Å². The summed E-state index contributed by atoms with van der Waals surface area (Å²) in [6.45, 7) is 6.49. The first-order valence-corrected chi connectivity index (χ1v) is 3.77. The van der Waals surface area contributed by atoms with E-state index in [4.69, 9.17) is 0 Å². The van der Waals surface area contributed by atoms with Crippen molar-refractivity contribution in [3.8, 4) is 0 Å². The molecule has 3 nitrogen and oxygen atoms in total. The van der Waals surface area contributed by atoms with Gasteiger partial charge in [0, 0.05) is 25.7 Å². The number of hydrogen-bond acceptors (Lipinski definition) is 3. The van der Waals surface area contributed by atoms with Gasteiger partial charge in [-0.3, -0.25) is 0 Å². The molecule has 0 aromatic rings. The summed E-state index contributed by atoms with van der Waals surface area (Å²) >= 11 is 0. The van der Waals surface area contributed by atoms with Crippen LogP contribution in [0.1, 0.15) is 13.8 Å². The van der Waals surface area contributed by atoms with Crippen molar-refractivity contribution < 1.29 is 5.11 Å². The number of hydrogen-bond donors (Lipinski definition) is 3. The van der Waals surface area contributed by atoms with Crippen LogP contribution in [0.3, 0.4) is 0 Å². The SMILES string of the molecule is CC(C)(O)[C@@H]1CNCCN1. The summed E-state index contributed by atoms with van der Waals surface area (Å²) in [4.78, 5) is 0. The van der Waals surface area contributed by atoms with Gasteiger partial charge in [-0.05, 0) is 13.8 Å². The van der Waals surface area contributed by atoms with E-state index in [9.17, 15) is 5.11 Å². The van der Waals surface area contributed by atoms with E-state index in [-0.39, 0.29) is 6.04 Å². The number of aliphatic hydroxyl groups is 1. The van der Waals surface area contributed by atoms with Crippen LogP contribution in [0.5, 0.6) is 0 Å². The van der Waals surface area contributed by atoms with Crippen molar-refractivity contribution in [2.45, 2.75) is 25.5 Å². The van der Waals surface area contributed by atoms with E-state index < -0.39 is 5.60 Å². The largest absolute Gasteiger partial charge is 0.389 e. The van der Waals surface area contributed by atoms with E-state index >= 15 is 0 Å². The Labute approximate surface area is 61.8 Å². The normalized spacial score (nSPS) is 28.5. The molecule has 0 unspecified atom stereocenters. The Bertz CT molecular complexity index is 103. The van der Waals surface area contributed by atoms with E-state index in [1.54, 1.807) is 0 Å². The molecule has 1 heterocycles. The quantitative estimate of drug-likeness (QED) is 0.457. The zero-order valence-electron chi connectivity index (χ0n) is 6.65. The molecule has 0 amide bonds. The van der Waals surface area contributed by atoms with E-state index in [0.29, 0.717) is 0 Å². The zero-order valence-corrected chi connectivity index (χ0v) is 6.65. The van der Waals surface area contributed by atoms with E-state index in [0.717, 1.165) is 19.6 Å². The highest BCUT2D eigenvalue weighted by Gasteiger charge is 2.27. The van der Waals surface area contributed by atoms with Gasteiger partial charge in [-0.1, -0.05) is 0 Å². The molecule has 0 spiro atoms. The van der Waals surface area contributed by atoms with Crippen molar-refractivity contribution in [2.75, 3.05) is 19.6 Å². The Hall–Kier alpha value is -0.120. The van der Waals surface area contributed by atoms with Gasteiger partial charge in [-0.25, -0.2) is 0 Å². The number of nitrogens with one attached hydrogen (secondary N) is 2. The van der Waals surface area contributed by atoms with Crippen LogP contribution in [-0.4, -0.2) is 36.4 Å². The molecule has 1 aliphatic heterocycles. The van der Waals surface area contributed by atoms with Crippen molar-refractivity contribution in [1.82, 2.24) is 10.6 Å². The molecule has 10 heavy (non-hydrogen) atoms. The summed E-state index contributed by atoms with van der Waals surface area (Å²) in [5, 5.41) is 16.0. The van der Waals surface area contributed by atoms with Gasteiger partial charge < -0.3 is 15.7 Å². The van der Waals surface area contributed by atoms with Crippen molar-refractivity contribution in [2.24, 2.45) is 0 Å². The fourth-order valence-electron chi connectivity index (χ4n) is 1.15. The van der Waals surface area contributed by atoms with Crippen LogP contribution in [0.25, 0.3) is 0 Å². The molecule has 1 rings (SSSR count). The van der Waals surface area contributed by atoms with Gasteiger partial charge in [-0.2, -0.15) is 0 Å². The van der Waals surface area contributed by atoms with E-state index in [1.807, 2.05) is 13.8 Å². The summed E-state index contributed by atoms with van der Waals surface area (Å²) in [5.41, 5.74) is -0.604. The average molecular weight is 144 g/mol. The molecular weight excluding hydrogens is 128 g/mol. The Morgan fingerprint density at radius 3 is 2.40 bits per heavy atom. The number of piperazine rings is 1. The van der Waals surface area contributed by atoms with Crippen LogP contribution in [0.2, 0.25) is 0 Å². The molecule has 3 heteroatoms. The molecule has 3 N–H and O–H groups in total. The molecular formula is C7H16N2O. The third-order valence-corrected chi connectivity index (χ3v) is 1.89. The maximum absolute atomic E-state index is 9.54. The highest BCUT2D eigenvalue weighted by atomic mass is 16.3. The van der Waals surface area contributed by atoms with Crippen LogP contribution in [0, 0.1) is 0 Å². The lowest BCUT2D eigenvalue weighted by molar-refractivity contribution is 0.0328. The van der Waals surface area contributed by atoms with Gasteiger partial charge in [0.05, 0.1) is 5.60 Å². The molecule has 0 aliphatic carbocycles. The van der Waals surface area contributed by atoms with Crippen molar-refractivity contribution in [3.63, 3.8) is 0 Å². The van der Waals surface area contributed by atoms with Gasteiger partial charge in [0.2, 0.25) is 0 Å². The van der Waals surface area contributed by atoms with Gasteiger partial charge in [0.25, 0.3) is 0 Å². The lowest BCUT2D eigenvalue weighted by Gasteiger charge is -2.33. The minimum atomic E-state index is -0.604. The minimum absolute atomic E-state index is 0.196. The second-order valence-electron chi connectivity index (χ2n) is 3.36. The molecule has 0 aromatic heterocycles. The molecule has 1 saturated heterocycles. The predicted octanol–water partition coefficient (Wildman–Crippen LogP) is -0.681. The first kappa shape index (κ1) is 7.98. The molecule has 0 saturated carbocycles. The van der Waals surface area contributed by atoms with Crippen molar-refractivity contribution >= 4 is 0 Å². The van der Waals surface area contributed by atoms with Crippen molar-refractivity contribution in [1.29, 1.82) is 0 Å². The Morgan fingerprint density at radius 1 is 1.40 bits per heavy atom. The lowest BCUT2D eigenvalue weighted by Crippen LogP contribution is -2.57. The first-order valence-electron chi connectivity index (χ1n) is 3.77. The Kier molecular flexibility index (Phi) is 2.28. The average Bonchev–Trinajstić information content (AvgIpc) is 1.88. The molecule has 1 atom stereocenters. The van der Waals surface area contributed by atoms with Gasteiger partial charge in [0.15, 0.2) is 0 Å². The molecule has 1 fully saturated rings. The fourth-order valence-corrected chi connectivity index (χ4v) is 1.15. The van der Waals surface area contributed by atoms with Crippen LogP contribution >= 0.6 is 0 Å². The van der Waals surface area contributed by atoms with E-state index in [1.165, 1.54) is 0 Å². The maximum atomic E-state index is 9.54. The molecule has 1 aliphatic rings. The lowest BCUT2D eigenvalue weighted by atomic mass is 9.98. The second-order valence-corrected chi connectivity index (χ2v) is 3.36.